The molecule has 0 radical (unpaired) electrons. The Morgan fingerprint density at radius 2 is 1.33 bits per heavy atom. The van der Waals surface area contributed by atoms with E-state index >= 15 is 0 Å². The maximum absolute atomic E-state index is 10.8. The molecule has 2 aromatic heterocycles. The molecule has 0 unspecified atom stereocenters. The van der Waals surface area contributed by atoms with Crippen LogP contribution in [0.2, 0.25) is 0 Å². The fourth-order valence-electron chi connectivity index (χ4n) is 1.73. The summed E-state index contributed by atoms with van der Waals surface area (Å²) in [5, 5.41) is 19.6. The standard InChI is InChI=1S/C5H6ClN3O2S.C5H8N4O2S/c2*6-12(10,11)5-3-7-9(8-5)4-1-2-4/h3-4H,1-2H2;3-4H,1-2H2,(H2,6,10,11). The molecule has 14 heteroatoms. The largest absolute Gasteiger partial charge is 0.282 e. The van der Waals surface area contributed by atoms with E-state index in [4.69, 9.17) is 15.8 Å². The number of sulfonamides is 1. The predicted molar refractivity (Wildman–Crippen MR) is 81.0 cm³/mol. The molecule has 2 fully saturated rings. The summed E-state index contributed by atoms with van der Waals surface area (Å²) in [5.41, 5.74) is 0. The number of aromatic nitrogens is 6. The van der Waals surface area contributed by atoms with E-state index in [1.54, 1.807) is 0 Å². The molecular weight excluding hydrogens is 382 g/mol. The molecule has 2 aliphatic rings. The van der Waals surface area contributed by atoms with Gasteiger partial charge in [0, 0.05) is 10.7 Å². The number of primary sulfonamides is 1. The lowest BCUT2D eigenvalue weighted by molar-refractivity contribution is 0.537. The summed E-state index contributed by atoms with van der Waals surface area (Å²) in [6, 6.07) is 0.553. The highest BCUT2D eigenvalue weighted by atomic mass is 35.7. The van der Waals surface area contributed by atoms with Crippen molar-refractivity contribution in [2.24, 2.45) is 5.14 Å². The Hall–Kier alpha value is -1.57. The van der Waals surface area contributed by atoms with E-state index in [1.807, 2.05) is 0 Å². The third-order valence-corrected chi connectivity index (χ3v) is 5.19. The van der Waals surface area contributed by atoms with Gasteiger partial charge in [-0.25, -0.2) is 22.0 Å². The molecule has 2 heterocycles. The van der Waals surface area contributed by atoms with Gasteiger partial charge in [-0.1, -0.05) is 0 Å². The van der Waals surface area contributed by atoms with Gasteiger partial charge in [0.15, 0.2) is 0 Å². The zero-order valence-electron chi connectivity index (χ0n) is 12.2. The van der Waals surface area contributed by atoms with Crippen LogP contribution < -0.4 is 5.14 Å². The summed E-state index contributed by atoms with van der Waals surface area (Å²) in [5.74, 6) is 0. The predicted octanol–water partition coefficient (Wildman–Crippen LogP) is -0.199. The van der Waals surface area contributed by atoms with Gasteiger partial charge in [-0.05, 0) is 25.7 Å². The van der Waals surface area contributed by atoms with Gasteiger partial charge in [0.1, 0.15) is 0 Å². The highest BCUT2D eigenvalue weighted by Crippen LogP contribution is 2.33. The minimum Gasteiger partial charge on any atom is -0.223 e. The number of hydrogen-bond donors (Lipinski definition) is 1. The molecule has 2 N–H and O–H groups in total. The Morgan fingerprint density at radius 1 is 0.917 bits per heavy atom. The van der Waals surface area contributed by atoms with Crippen LogP contribution in [-0.4, -0.2) is 46.8 Å². The fourth-order valence-corrected chi connectivity index (χ4v) is 2.69. The van der Waals surface area contributed by atoms with E-state index in [1.165, 1.54) is 22.0 Å². The topological polar surface area (TPSA) is 156 Å². The first-order chi connectivity index (χ1) is 11.1. The molecule has 0 saturated heterocycles. The monoisotopic (exact) mass is 395 g/mol. The lowest BCUT2D eigenvalue weighted by Gasteiger charge is -1.91. The van der Waals surface area contributed by atoms with Crippen molar-refractivity contribution in [3.63, 3.8) is 0 Å². The molecule has 24 heavy (non-hydrogen) atoms. The van der Waals surface area contributed by atoms with Crippen LogP contribution in [-0.2, 0) is 19.1 Å². The van der Waals surface area contributed by atoms with Crippen molar-refractivity contribution in [1.82, 2.24) is 30.0 Å². The number of rotatable bonds is 4. The van der Waals surface area contributed by atoms with Gasteiger partial charge in [-0.2, -0.15) is 19.8 Å². The van der Waals surface area contributed by atoms with Gasteiger partial charge in [-0.15, -0.1) is 10.2 Å². The molecule has 0 aliphatic heterocycles. The van der Waals surface area contributed by atoms with E-state index in [9.17, 15) is 16.8 Å². The van der Waals surface area contributed by atoms with Gasteiger partial charge in [-0.3, -0.25) is 0 Å². The van der Waals surface area contributed by atoms with E-state index in [-0.39, 0.29) is 22.1 Å². The zero-order chi connectivity index (χ0) is 17.5. The van der Waals surface area contributed by atoms with Crippen molar-refractivity contribution < 1.29 is 16.8 Å². The van der Waals surface area contributed by atoms with Gasteiger partial charge >= 0.3 is 0 Å². The van der Waals surface area contributed by atoms with Crippen LogP contribution in [0.15, 0.2) is 22.4 Å². The van der Waals surface area contributed by atoms with E-state index in [0.717, 1.165) is 25.7 Å². The molecule has 0 atom stereocenters. The molecule has 0 bridgehead atoms. The average Bonchev–Trinajstić information content (AvgIpc) is 3.40. The molecule has 0 amide bonds. The maximum atomic E-state index is 10.8. The van der Waals surface area contributed by atoms with Crippen LogP contribution in [0.4, 0.5) is 0 Å². The summed E-state index contributed by atoms with van der Waals surface area (Å²) in [4.78, 5) is 2.80. The van der Waals surface area contributed by atoms with E-state index < -0.39 is 19.1 Å². The van der Waals surface area contributed by atoms with E-state index in [2.05, 4.69) is 20.4 Å². The van der Waals surface area contributed by atoms with Crippen LogP contribution in [0.5, 0.6) is 0 Å². The SMILES string of the molecule is NS(=O)(=O)c1cnn(C2CC2)n1.O=S(=O)(Cl)c1cnn(C2CC2)n1. The minimum atomic E-state index is -3.71. The van der Waals surface area contributed by atoms with Crippen LogP contribution in [0.1, 0.15) is 37.8 Å². The van der Waals surface area contributed by atoms with Crippen LogP contribution in [0, 0.1) is 0 Å². The lowest BCUT2D eigenvalue weighted by Crippen LogP contribution is -2.13. The normalized spacial score (nSPS) is 18.1. The molecule has 2 aromatic rings. The van der Waals surface area contributed by atoms with Crippen molar-refractivity contribution in [3.8, 4) is 0 Å². The minimum absolute atomic E-state index is 0.158. The molecular formula is C10H14ClN7O4S2. The molecule has 132 valence electrons. The second-order valence-electron chi connectivity index (χ2n) is 5.45. The first kappa shape index (κ1) is 17.3. The van der Waals surface area contributed by atoms with E-state index in [0.29, 0.717) is 0 Å². The third-order valence-electron chi connectivity index (χ3n) is 3.26. The number of halogens is 1. The van der Waals surface area contributed by atoms with Crippen molar-refractivity contribution >= 4 is 29.8 Å². The Bertz CT molecular complexity index is 865. The number of nitrogens with two attached hydrogens (primary N) is 1. The Balaban J connectivity index is 0.000000141. The molecule has 4 rings (SSSR count). The summed E-state index contributed by atoms with van der Waals surface area (Å²) >= 11 is 0. The van der Waals surface area contributed by atoms with Gasteiger partial charge in [0.25, 0.3) is 19.1 Å². The second kappa shape index (κ2) is 6.06. The van der Waals surface area contributed by atoms with Gasteiger partial charge in [0.05, 0.1) is 24.5 Å². The molecule has 11 nitrogen and oxygen atoms in total. The van der Waals surface area contributed by atoms with Crippen molar-refractivity contribution in [2.75, 3.05) is 0 Å². The Morgan fingerprint density at radius 3 is 1.62 bits per heavy atom. The number of hydrogen-bond acceptors (Lipinski definition) is 8. The summed E-state index contributed by atoms with van der Waals surface area (Å²) in [6.07, 6.45) is 6.39. The van der Waals surface area contributed by atoms with Gasteiger partial charge in [0.2, 0.25) is 10.1 Å². The first-order valence-electron chi connectivity index (χ1n) is 6.96. The molecule has 2 saturated carbocycles. The quantitative estimate of drug-likeness (QED) is 0.697. The highest BCUT2D eigenvalue weighted by Gasteiger charge is 2.28. The van der Waals surface area contributed by atoms with Crippen molar-refractivity contribution in [3.05, 3.63) is 12.4 Å². The third kappa shape index (κ3) is 4.28. The molecule has 0 spiro atoms. The average molecular weight is 396 g/mol. The first-order valence-corrected chi connectivity index (χ1v) is 10.8. The van der Waals surface area contributed by atoms with Crippen molar-refractivity contribution in [2.45, 2.75) is 47.8 Å². The van der Waals surface area contributed by atoms with Crippen LogP contribution in [0.3, 0.4) is 0 Å². The summed E-state index contributed by atoms with van der Waals surface area (Å²) in [6.45, 7) is 0. The summed E-state index contributed by atoms with van der Waals surface area (Å²) < 4.78 is 43.0. The Kier molecular flexibility index (Phi) is 4.36. The van der Waals surface area contributed by atoms with Crippen molar-refractivity contribution in [1.29, 1.82) is 0 Å². The lowest BCUT2D eigenvalue weighted by atomic mass is 10.8. The molecule has 0 aromatic carbocycles. The fraction of sp³-hybridized carbons (Fsp3) is 0.600. The maximum Gasteiger partial charge on any atom is 0.282 e. The second-order valence-corrected chi connectivity index (χ2v) is 9.47. The Labute approximate surface area is 142 Å². The smallest absolute Gasteiger partial charge is 0.223 e. The van der Waals surface area contributed by atoms with Gasteiger partial charge < -0.3 is 0 Å². The number of nitrogens with zero attached hydrogens (tertiary/aromatic N) is 6. The summed E-state index contributed by atoms with van der Waals surface area (Å²) in [7, 11) is -2.34. The zero-order valence-corrected chi connectivity index (χ0v) is 14.6. The molecule has 2 aliphatic carbocycles. The van der Waals surface area contributed by atoms with Crippen LogP contribution >= 0.6 is 10.7 Å². The highest BCUT2D eigenvalue weighted by molar-refractivity contribution is 8.13. The van der Waals surface area contributed by atoms with Crippen LogP contribution in [0.25, 0.3) is 0 Å².